The number of amides is 1. The van der Waals surface area contributed by atoms with Crippen molar-refractivity contribution in [1.29, 1.82) is 0 Å². The van der Waals surface area contributed by atoms with E-state index in [0.717, 1.165) is 5.57 Å². The van der Waals surface area contributed by atoms with Crippen molar-refractivity contribution < 1.29 is 19.8 Å². The summed E-state index contributed by atoms with van der Waals surface area (Å²) < 4.78 is 0. The monoisotopic (exact) mass is 409 g/mol. The molecule has 0 saturated carbocycles. The number of nitrogens with two attached hydrogens (primary N) is 1. The molecule has 3 rings (SSSR count). The summed E-state index contributed by atoms with van der Waals surface area (Å²) in [5.41, 5.74) is 9.83. The van der Waals surface area contributed by atoms with Gasteiger partial charge in [0.05, 0.1) is 5.70 Å². The number of hydrogen-bond acceptors (Lipinski definition) is 7. The van der Waals surface area contributed by atoms with E-state index < -0.39 is 18.4 Å². The zero-order valence-corrected chi connectivity index (χ0v) is 16.9. The highest BCUT2D eigenvalue weighted by atomic mass is 16.4. The van der Waals surface area contributed by atoms with Crippen molar-refractivity contribution in [2.75, 3.05) is 13.6 Å². The van der Waals surface area contributed by atoms with Gasteiger partial charge in [-0.25, -0.2) is 5.01 Å². The Morgan fingerprint density at radius 2 is 2.13 bits per heavy atom. The van der Waals surface area contributed by atoms with Gasteiger partial charge in [0.25, 0.3) is 5.91 Å². The normalized spacial score (nSPS) is 18.6. The highest BCUT2D eigenvalue weighted by molar-refractivity contribution is 6.06. The summed E-state index contributed by atoms with van der Waals surface area (Å²) in [6, 6.07) is 5.22. The van der Waals surface area contributed by atoms with Crippen LogP contribution < -0.4 is 11.1 Å². The quantitative estimate of drug-likeness (QED) is 0.547. The molecule has 30 heavy (non-hydrogen) atoms. The van der Waals surface area contributed by atoms with E-state index in [1.165, 1.54) is 5.01 Å². The van der Waals surface area contributed by atoms with Crippen molar-refractivity contribution in [1.82, 2.24) is 10.3 Å². The molecule has 0 aliphatic carbocycles. The molecule has 0 aromatic heterocycles. The Balaban J connectivity index is 2.28. The number of carboxylic acids is 1. The molecule has 1 aromatic carbocycles. The summed E-state index contributed by atoms with van der Waals surface area (Å²) in [5.74, 6) is -2.26. The average Bonchev–Trinajstić information content (AvgIpc) is 2.72. The Kier molecular flexibility index (Phi) is 5.72. The van der Waals surface area contributed by atoms with Gasteiger partial charge in [-0.15, -0.1) is 0 Å². The maximum atomic E-state index is 12.7. The van der Waals surface area contributed by atoms with Crippen molar-refractivity contribution in [3.63, 3.8) is 0 Å². The molecular formula is C21H23N5O4. The van der Waals surface area contributed by atoms with E-state index in [4.69, 9.17) is 10.8 Å². The van der Waals surface area contributed by atoms with Crippen molar-refractivity contribution in [2.24, 2.45) is 21.7 Å². The van der Waals surface area contributed by atoms with Crippen LogP contribution in [0.25, 0.3) is 17.2 Å². The summed E-state index contributed by atoms with van der Waals surface area (Å²) >= 11 is 0. The fourth-order valence-electron chi connectivity index (χ4n) is 3.35. The molecule has 0 spiro atoms. The lowest BCUT2D eigenvalue weighted by Gasteiger charge is -2.36. The third-order valence-corrected chi connectivity index (χ3v) is 5.00. The number of fused-ring (bicyclic) bond motifs is 3. The molecule has 0 fully saturated rings. The number of carbonyl (C=O) groups excluding carboxylic acids is 1. The highest BCUT2D eigenvalue weighted by Crippen LogP contribution is 2.44. The van der Waals surface area contributed by atoms with Gasteiger partial charge >= 0.3 is 5.97 Å². The molecule has 5 N–H and O–H groups in total. The number of aliphatic hydroxyl groups is 1. The Labute approximate surface area is 173 Å². The van der Waals surface area contributed by atoms with Gasteiger partial charge in [0.1, 0.15) is 6.54 Å². The number of nitrogens with one attached hydrogen (secondary N) is 1. The molecular weight excluding hydrogens is 386 g/mol. The smallest absolute Gasteiger partial charge is 0.322 e. The number of carbonyl (C=O) groups is 2. The van der Waals surface area contributed by atoms with E-state index in [1.54, 1.807) is 37.7 Å². The van der Waals surface area contributed by atoms with Crippen LogP contribution in [0, 0.1) is 5.92 Å². The highest BCUT2D eigenvalue weighted by Gasteiger charge is 2.38. The number of carboxylic acid groups (broad SMARTS) is 1. The summed E-state index contributed by atoms with van der Waals surface area (Å²) in [7, 11) is 1.63. The first-order valence-electron chi connectivity index (χ1n) is 9.28. The molecule has 2 heterocycles. The zero-order valence-electron chi connectivity index (χ0n) is 16.9. The maximum absolute atomic E-state index is 12.7. The minimum absolute atomic E-state index is 0.0110. The second kappa shape index (κ2) is 8.24. The van der Waals surface area contributed by atoms with E-state index in [9.17, 15) is 14.7 Å². The number of allylic oxidation sites excluding steroid dienone is 2. The summed E-state index contributed by atoms with van der Waals surface area (Å²) in [6.45, 7) is 3.30. The summed E-state index contributed by atoms with van der Waals surface area (Å²) in [5, 5.41) is 27.9. The minimum Gasteiger partial charge on any atom is -0.505 e. The number of nitrogens with zero attached hydrogens (tertiary/aromatic N) is 3. The van der Waals surface area contributed by atoms with Gasteiger partial charge in [-0.1, -0.05) is 25.1 Å². The summed E-state index contributed by atoms with van der Waals surface area (Å²) in [4.78, 5) is 27.5. The molecule has 1 amide bonds. The van der Waals surface area contributed by atoms with Crippen molar-refractivity contribution in [3.8, 4) is 0 Å². The largest absolute Gasteiger partial charge is 0.505 e. The van der Waals surface area contributed by atoms with Gasteiger partial charge in [-0.2, -0.15) is 5.10 Å². The molecule has 9 nitrogen and oxygen atoms in total. The molecule has 2 aliphatic rings. The first-order chi connectivity index (χ1) is 14.3. The SMILES string of the molecule is CN=C/C=C(\N)c1cccc2c1C1=C(C)C(C)C=NN1C(C(=O)NCC(=O)O)=C2O. The van der Waals surface area contributed by atoms with Crippen LogP contribution in [0.4, 0.5) is 0 Å². The Morgan fingerprint density at radius 3 is 2.80 bits per heavy atom. The lowest BCUT2D eigenvalue weighted by Crippen LogP contribution is -2.39. The third-order valence-electron chi connectivity index (χ3n) is 5.00. The van der Waals surface area contributed by atoms with Gasteiger partial charge in [0.15, 0.2) is 11.5 Å². The molecule has 1 unspecified atom stereocenters. The number of rotatable bonds is 5. The first-order valence-corrected chi connectivity index (χ1v) is 9.28. The molecule has 9 heteroatoms. The van der Waals surface area contributed by atoms with Gasteiger partial charge in [0, 0.05) is 47.8 Å². The Bertz CT molecular complexity index is 1070. The van der Waals surface area contributed by atoms with E-state index in [0.29, 0.717) is 28.1 Å². The molecule has 0 saturated heterocycles. The van der Waals surface area contributed by atoms with Crippen LogP contribution in [0.15, 0.2) is 45.6 Å². The van der Waals surface area contributed by atoms with Crippen LogP contribution in [0.2, 0.25) is 0 Å². The number of hydrogen-bond donors (Lipinski definition) is 4. The Hall–Kier alpha value is -3.88. The zero-order chi connectivity index (χ0) is 22.0. The Morgan fingerprint density at radius 1 is 1.40 bits per heavy atom. The second-order valence-electron chi connectivity index (χ2n) is 6.93. The summed E-state index contributed by atoms with van der Waals surface area (Å²) in [6.07, 6.45) is 4.88. The van der Waals surface area contributed by atoms with Crippen LogP contribution in [0.5, 0.6) is 0 Å². The van der Waals surface area contributed by atoms with Gasteiger partial charge in [0.2, 0.25) is 0 Å². The predicted molar refractivity (Wildman–Crippen MR) is 115 cm³/mol. The van der Waals surface area contributed by atoms with Crippen molar-refractivity contribution in [3.05, 3.63) is 52.2 Å². The number of aliphatic imine (C=N–C) groups is 1. The lowest BCUT2D eigenvalue weighted by molar-refractivity contribution is -0.137. The van der Waals surface area contributed by atoms with Gasteiger partial charge in [-0.05, 0) is 18.6 Å². The topological polar surface area (TPSA) is 141 Å². The van der Waals surface area contributed by atoms with E-state index in [1.807, 2.05) is 19.9 Å². The fourth-order valence-corrected chi connectivity index (χ4v) is 3.35. The van der Waals surface area contributed by atoms with E-state index >= 15 is 0 Å². The molecule has 2 aliphatic heterocycles. The number of aliphatic carboxylic acids is 1. The number of benzene rings is 1. The maximum Gasteiger partial charge on any atom is 0.322 e. The van der Waals surface area contributed by atoms with E-state index in [-0.39, 0.29) is 17.4 Å². The minimum atomic E-state index is -1.19. The number of hydrazone groups is 1. The van der Waals surface area contributed by atoms with Crippen LogP contribution in [0.1, 0.15) is 30.5 Å². The van der Waals surface area contributed by atoms with E-state index in [2.05, 4.69) is 15.4 Å². The van der Waals surface area contributed by atoms with Crippen LogP contribution in [-0.2, 0) is 9.59 Å². The lowest BCUT2D eigenvalue weighted by atomic mass is 9.86. The number of aliphatic hydroxyl groups excluding tert-OH is 1. The molecule has 0 radical (unpaired) electrons. The standard InChI is InChI=1S/C21H23N5O4/c1-11-9-25-26-18(12(11)2)17-13(15(22)7-8-23-3)5-4-6-14(17)20(29)19(26)21(30)24-10-16(27)28/h4-9,11,29H,10,22H2,1-3H3,(H,24,30)(H,27,28)/b15-7-,23-8?. The van der Waals surface area contributed by atoms with Crippen molar-refractivity contribution in [2.45, 2.75) is 13.8 Å². The molecule has 156 valence electrons. The van der Waals surface area contributed by atoms with Gasteiger partial charge in [-0.3, -0.25) is 14.6 Å². The second-order valence-corrected chi connectivity index (χ2v) is 6.93. The average molecular weight is 409 g/mol. The molecule has 0 bridgehead atoms. The van der Waals surface area contributed by atoms with Crippen LogP contribution in [0.3, 0.4) is 0 Å². The van der Waals surface area contributed by atoms with Gasteiger partial charge < -0.3 is 21.3 Å². The first kappa shape index (κ1) is 20.8. The predicted octanol–water partition coefficient (Wildman–Crippen LogP) is 1.80. The van der Waals surface area contributed by atoms with Crippen molar-refractivity contribution >= 4 is 41.5 Å². The molecule has 1 atom stereocenters. The third kappa shape index (κ3) is 3.57. The van der Waals surface area contributed by atoms with Crippen LogP contribution in [-0.4, -0.2) is 53.1 Å². The van der Waals surface area contributed by atoms with Crippen LogP contribution >= 0.6 is 0 Å². The fraction of sp³-hybridized carbons (Fsp3) is 0.238. The molecule has 1 aromatic rings.